The van der Waals surface area contributed by atoms with E-state index in [9.17, 15) is 9.59 Å². The summed E-state index contributed by atoms with van der Waals surface area (Å²) in [7, 11) is 0. The number of pyridine rings is 1. The van der Waals surface area contributed by atoms with Crippen molar-refractivity contribution in [2.24, 2.45) is 0 Å². The van der Waals surface area contributed by atoms with Crippen LogP contribution in [-0.4, -0.2) is 16.6 Å². The van der Waals surface area contributed by atoms with E-state index in [0.717, 1.165) is 16.7 Å². The first kappa shape index (κ1) is 11.3. The molecule has 0 aliphatic heterocycles. The Kier molecular flexibility index (Phi) is 2.11. The molecule has 0 atom stereocenters. The van der Waals surface area contributed by atoms with Crippen molar-refractivity contribution in [3.63, 3.8) is 0 Å². The average molecular weight is 261 g/mol. The summed E-state index contributed by atoms with van der Waals surface area (Å²) in [5.74, 6) is -0.111. The largest absolute Gasteiger partial charge is 0.289 e. The molecule has 0 saturated heterocycles. The minimum Gasteiger partial charge on any atom is -0.289 e. The molecule has 0 amide bonds. The van der Waals surface area contributed by atoms with Crippen LogP contribution >= 0.6 is 0 Å². The first-order valence-electron chi connectivity index (χ1n) is 6.54. The lowest BCUT2D eigenvalue weighted by Gasteiger charge is -2.15. The van der Waals surface area contributed by atoms with Crippen LogP contribution in [0.15, 0.2) is 42.2 Å². The molecule has 1 aromatic heterocycles. The molecule has 0 spiro atoms. The number of aromatic nitrogens is 1. The Labute approximate surface area is 116 Å². The highest BCUT2D eigenvalue weighted by molar-refractivity contribution is 6.41. The molecule has 1 aromatic carbocycles. The molecule has 0 radical (unpaired) electrons. The van der Waals surface area contributed by atoms with Crippen molar-refractivity contribution >= 4 is 17.1 Å². The SMILES string of the molecule is Cc1cccc2c1CC1=C2C(=O)c2cnccc2C1=O. The maximum atomic E-state index is 12.7. The fourth-order valence-electron chi connectivity index (χ4n) is 3.12. The molecular weight excluding hydrogens is 250 g/mol. The van der Waals surface area contributed by atoms with Gasteiger partial charge >= 0.3 is 0 Å². The summed E-state index contributed by atoms with van der Waals surface area (Å²) >= 11 is 0. The zero-order chi connectivity index (χ0) is 13.9. The van der Waals surface area contributed by atoms with E-state index in [1.165, 1.54) is 6.20 Å². The molecule has 3 nitrogen and oxygen atoms in total. The normalized spacial score (nSPS) is 16.1. The quantitative estimate of drug-likeness (QED) is 0.732. The Bertz CT molecular complexity index is 831. The number of hydrogen-bond donors (Lipinski definition) is 0. The number of carbonyl (C=O) groups excluding carboxylic acids is 2. The number of benzene rings is 1. The van der Waals surface area contributed by atoms with Gasteiger partial charge in [0.2, 0.25) is 0 Å². The molecule has 20 heavy (non-hydrogen) atoms. The lowest BCUT2D eigenvalue weighted by Crippen LogP contribution is -2.19. The molecule has 1 heterocycles. The maximum Gasteiger partial charge on any atom is 0.196 e. The van der Waals surface area contributed by atoms with Crippen molar-refractivity contribution in [1.82, 2.24) is 4.98 Å². The van der Waals surface area contributed by atoms with Crippen molar-refractivity contribution < 1.29 is 9.59 Å². The van der Waals surface area contributed by atoms with E-state index in [2.05, 4.69) is 4.98 Å². The van der Waals surface area contributed by atoms with Crippen LogP contribution in [0.5, 0.6) is 0 Å². The van der Waals surface area contributed by atoms with Crippen LogP contribution in [0.2, 0.25) is 0 Å². The third-order valence-electron chi connectivity index (χ3n) is 4.15. The van der Waals surface area contributed by atoms with Gasteiger partial charge in [0.1, 0.15) is 0 Å². The van der Waals surface area contributed by atoms with E-state index in [0.29, 0.717) is 28.7 Å². The molecule has 0 fully saturated rings. The Morgan fingerprint density at radius 3 is 2.70 bits per heavy atom. The number of carbonyl (C=O) groups is 2. The third kappa shape index (κ3) is 1.27. The molecule has 96 valence electrons. The summed E-state index contributed by atoms with van der Waals surface area (Å²) in [5.41, 5.74) is 5.25. The predicted octanol–water partition coefficient (Wildman–Crippen LogP) is 2.78. The van der Waals surface area contributed by atoms with Crippen molar-refractivity contribution in [3.05, 3.63) is 70.0 Å². The molecule has 0 N–H and O–H groups in total. The molecule has 2 aliphatic carbocycles. The van der Waals surface area contributed by atoms with Gasteiger partial charge < -0.3 is 0 Å². The van der Waals surface area contributed by atoms with Crippen LogP contribution in [-0.2, 0) is 6.42 Å². The van der Waals surface area contributed by atoms with Gasteiger partial charge in [0.25, 0.3) is 0 Å². The number of rotatable bonds is 0. The van der Waals surface area contributed by atoms with Crippen molar-refractivity contribution in [2.45, 2.75) is 13.3 Å². The zero-order valence-corrected chi connectivity index (χ0v) is 10.9. The van der Waals surface area contributed by atoms with Gasteiger partial charge in [-0.15, -0.1) is 0 Å². The molecule has 0 bridgehead atoms. The predicted molar refractivity (Wildman–Crippen MR) is 74.7 cm³/mol. The average Bonchev–Trinajstić information content (AvgIpc) is 2.86. The summed E-state index contributed by atoms with van der Waals surface area (Å²) in [5, 5.41) is 0. The number of nitrogens with zero attached hydrogens (tertiary/aromatic N) is 1. The first-order chi connectivity index (χ1) is 9.68. The van der Waals surface area contributed by atoms with E-state index >= 15 is 0 Å². The summed E-state index contributed by atoms with van der Waals surface area (Å²) in [6.07, 6.45) is 3.61. The smallest absolute Gasteiger partial charge is 0.196 e. The minimum atomic E-state index is -0.0768. The Balaban J connectivity index is 2.00. The van der Waals surface area contributed by atoms with Gasteiger partial charge in [0.05, 0.1) is 5.56 Å². The zero-order valence-electron chi connectivity index (χ0n) is 10.9. The molecule has 0 unspecified atom stereocenters. The van der Waals surface area contributed by atoms with Crippen LogP contribution in [0.3, 0.4) is 0 Å². The Hall–Kier alpha value is -2.55. The monoisotopic (exact) mass is 261 g/mol. The van der Waals surface area contributed by atoms with Crippen LogP contribution in [0.1, 0.15) is 37.4 Å². The summed E-state index contributed by atoms with van der Waals surface area (Å²) in [6.45, 7) is 2.01. The fourth-order valence-corrected chi connectivity index (χ4v) is 3.12. The lowest BCUT2D eigenvalue weighted by atomic mass is 9.85. The van der Waals surface area contributed by atoms with Crippen LogP contribution in [0, 0.1) is 6.92 Å². The van der Waals surface area contributed by atoms with Gasteiger partial charge in [-0.25, -0.2) is 0 Å². The number of aryl methyl sites for hydroxylation is 1. The van der Waals surface area contributed by atoms with E-state index in [1.54, 1.807) is 12.3 Å². The summed E-state index contributed by atoms with van der Waals surface area (Å²) in [4.78, 5) is 29.2. The number of allylic oxidation sites excluding steroid dienone is 2. The number of Topliss-reactive ketones (excluding diaryl/α,β-unsaturated/α-hetero) is 2. The summed E-state index contributed by atoms with van der Waals surface area (Å²) in [6, 6.07) is 7.51. The molecule has 2 aromatic rings. The van der Waals surface area contributed by atoms with Gasteiger partial charge in [0, 0.05) is 35.5 Å². The molecule has 4 rings (SSSR count). The van der Waals surface area contributed by atoms with Gasteiger partial charge in [-0.1, -0.05) is 18.2 Å². The van der Waals surface area contributed by atoms with Crippen LogP contribution in [0.25, 0.3) is 5.57 Å². The topological polar surface area (TPSA) is 47.0 Å². The second kappa shape index (κ2) is 3.73. The van der Waals surface area contributed by atoms with Crippen LogP contribution in [0.4, 0.5) is 0 Å². The minimum absolute atomic E-state index is 0.0346. The molecular formula is C17H11NO2. The van der Waals surface area contributed by atoms with Gasteiger partial charge in [0.15, 0.2) is 11.6 Å². The van der Waals surface area contributed by atoms with Crippen molar-refractivity contribution in [2.75, 3.05) is 0 Å². The first-order valence-corrected chi connectivity index (χ1v) is 6.54. The van der Waals surface area contributed by atoms with E-state index in [1.807, 2.05) is 25.1 Å². The second-order valence-corrected chi connectivity index (χ2v) is 5.21. The molecule has 3 heteroatoms. The van der Waals surface area contributed by atoms with E-state index < -0.39 is 0 Å². The second-order valence-electron chi connectivity index (χ2n) is 5.21. The third-order valence-corrected chi connectivity index (χ3v) is 4.15. The number of ketones is 2. The maximum absolute atomic E-state index is 12.7. The Morgan fingerprint density at radius 2 is 1.85 bits per heavy atom. The highest BCUT2D eigenvalue weighted by atomic mass is 16.1. The highest BCUT2D eigenvalue weighted by Gasteiger charge is 2.37. The van der Waals surface area contributed by atoms with Gasteiger partial charge in [-0.3, -0.25) is 14.6 Å². The van der Waals surface area contributed by atoms with Gasteiger partial charge in [-0.05, 0) is 29.7 Å². The highest BCUT2D eigenvalue weighted by Crippen LogP contribution is 2.41. The number of fused-ring (bicyclic) bond motifs is 3. The van der Waals surface area contributed by atoms with Crippen molar-refractivity contribution in [1.29, 1.82) is 0 Å². The standard InChI is InChI=1S/C17H11NO2/c1-9-3-2-4-10-12(9)7-13-15(10)17(20)14-8-18-6-5-11(14)16(13)19/h2-6,8H,7H2,1H3. The van der Waals surface area contributed by atoms with Crippen molar-refractivity contribution in [3.8, 4) is 0 Å². The van der Waals surface area contributed by atoms with E-state index in [-0.39, 0.29) is 11.6 Å². The summed E-state index contributed by atoms with van der Waals surface area (Å²) < 4.78 is 0. The lowest BCUT2D eigenvalue weighted by molar-refractivity contribution is 0.0991. The Morgan fingerprint density at radius 1 is 1.00 bits per heavy atom. The van der Waals surface area contributed by atoms with Gasteiger partial charge in [-0.2, -0.15) is 0 Å². The van der Waals surface area contributed by atoms with Crippen LogP contribution < -0.4 is 0 Å². The van der Waals surface area contributed by atoms with E-state index in [4.69, 9.17) is 0 Å². The molecule has 2 aliphatic rings. The fraction of sp³-hybridized carbons (Fsp3) is 0.118. The molecule has 0 saturated carbocycles. The number of hydrogen-bond acceptors (Lipinski definition) is 3.